The van der Waals surface area contributed by atoms with Gasteiger partial charge in [-0.05, 0) is 38.3 Å². The molecule has 19 heavy (non-hydrogen) atoms. The second kappa shape index (κ2) is 5.43. The van der Waals surface area contributed by atoms with Gasteiger partial charge < -0.3 is 5.32 Å². The van der Waals surface area contributed by atoms with E-state index in [0.717, 1.165) is 29.7 Å². The number of aryl methyl sites for hydroxylation is 2. The van der Waals surface area contributed by atoms with Crippen molar-refractivity contribution in [1.82, 2.24) is 14.7 Å². The predicted molar refractivity (Wildman–Crippen MR) is 76.5 cm³/mol. The van der Waals surface area contributed by atoms with E-state index in [9.17, 15) is 4.79 Å². The number of pyridine rings is 1. The zero-order valence-corrected chi connectivity index (χ0v) is 12.0. The minimum absolute atomic E-state index is 0.0377. The number of nitrogens with one attached hydrogen (secondary N) is 1. The first-order chi connectivity index (χ1) is 9.06. The number of imidazole rings is 1. The van der Waals surface area contributed by atoms with E-state index in [2.05, 4.69) is 17.2 Å². The van der Waals surface area contributed by atoms with E-state index in [1.807, 2.05) is 43.5 Å². The van der Waals surface area contributed by atoms with Crippen molar-refractivity contribution in [2.24, 2.45) is 0 Å². The highest BCUT2D eigenvalue weighted by Crippen LogP contribution is 2.15. The number of hydrogen-bond acceptors (Lipinski definition) is 2. The van der Waals surface area contributed by atoms with Gasteiger partial charge >= 0.3 is 0 Å². The van der Waals surface area contributed by atoms with Crippen LogP contribution in [0.5, 0.6) is 0 Å². The number of carbonyl (C=O) groups excluding carboxylic acids is 1. The van der Waals surface area contributed by atoms with Gasteiger partial charge in [-0.2, -0.15) is 0 Å². The van der Waals surface area contributed by atoms with Crippen molar-refractivity contribution in [2.45, 2.75) is 46.6 Å². The fourth-order valence-corrected chi connectivity index (χ4v) is 2.08. The zero-order valence-electron chi connectivity index (χ0n) is 12.0. The van der Waals surface area contributed by atoms with Crippen LogP contribution in [-0.2, 0) is 6.42 Å². The van der Waals surface area contributed by atoms with Crippen LogP contribution in [0.3, 0.4) is 0 Å². The highest BCUT2D eigenvalue weighted by atomic mass is 16.2. The van der Waals surface area contributed by atoms with Crippen LogP contribution < -0.4 is 5.32 Å². The van der Waals surface area contributed by atoms with E-state index >= 15 is 0 Å². The SMILES string of the molecule is CCc1nc2ccc(C)cn2c1C(=O)NC(C)CC. The molecule has 0 bridgehead atoms. The third kappa shape index (κ3) is 2.62. The van der Waals surface area contributed by atoms with Gasteiger partial charge in [-0.1, -0.05) is 19.9 Å². The molecule has 0 spiro atoms. The third-order valence-corrected chi connectivity index (χ3v) is 3.38. The molecule has 0 radical (unpaired) electrons. The Kier molecular flexibility index (Phi) is 3.88. The van der Waals surface area contributed by atoms with Crippen molar-refractivity contribution in [1.29, 1.82) is 0 Å². The lowest BCUT2D eigenvalue weighted by atomic mass is 10.2. The Balaban J connectivity index is 2.50. The molecule has 1 unspecified atom stereocenters. The highest BCUT2D eigenvalue weighted by molar-refractivity contribution is 5.95. The van der Waals surface area contributed by atoms with Gasteiger partial charge in [-0.15, -0.1) is 0 Å². The fourth-order valence-electron chi connectivity index (χ4n) is 2.08. The van der Waals surface area contributed by atoms with Crippen LogP contribution in [0.25, 0.3) is 5.65 Å². The van der Waals surface area contributed by atoms with Gasteiger partial charge in [0.05, 0.1) is 5.69 Å². The lowest BCUT2D eigenvalue weighted by Gasteiger charge is -2.12. The van der Waals surface area contributed by atoms with E-state index in [1.165, 1.54) is 0 Å². The first kappa shape index (κ1) is 13.6. The van der Waals surface area contributed by atoms with Crippen LogP contribution in [0.2, 0.25) is 0 Å². The first-order valence-electron chi connectivity index (χ1n) is 6.85. The van der Waals surface area contributed by atoms with E-state index in [1.54, 1.807) is 0 Å². The minimum atomic E-state index is -0.0377. The number of hydrogen-bond donors (Lipinski definition) is 1. The maximum absolute atomic E-state index is 12.4. The van der Waals surface area contributed by atoms with E-state index < -0.39 is 0 Å². The second-order valence-electron chi connectivity index (χ2n) is 4.98. The van der Waals surface area contributed by atoms with Crippen LogP contribution in [0, 0.1) is 6.92 Å². The fraction of sp³-hybridized carbons (Fsp3) is 0.467. The third-order valence-electron chi connectivity index (χ3n) is 3.38. The average molecular weight is 259 g/mol. The molecule has 1 amide bonds. The highest BCUT2D eigenvalue weighted by Gasteiger charge is 2.19. The van der Waals surface area contributed by atoms with Crippen LogP contribution >= 0.6 is 0 Å². The van der Waals surface area contributed by atoms with E-state index in [4.69, 9.17) is 0 Å². The molecule has 2 rings (SSSR count). The molecule has 0 aliphatic rings. The summed E-state index contributed by atoms with van der Waals surface area (Å²) in [5.74, 6) is -0.0377. The molecule has 0 aliphatic carbocycles. The molecule has 2 aromatic rings. The van der Waals surface area contributed by atoms with Gasteiger partial charge in [0, 0.05) is 12.2 Å². The molecule has 2 aromatic heterocycles. The van der Waals surface area contributed by atoms with Crippen molar-refractivity contribution in [2.75, 3.05) is 0 Å². The summed E-state index contributed by atoms with van der Waals surface area (Å²) in [5.41, 5.74) is 3.47. The molecule has 1 N–H and O–H groups in total. The van der Waals surface area contributed by atoms with Crippen molar-refractivity contribution >= 4 is 11.6 Å². The monoisotopic (exact) mass is 259 g/mol. The summed E-state index contributed by atoms with van der Waals surface area (Å²) in [6, 6.07) is 4.14. The molecule has 0 aromatic carbocycles. The van der Waals surface area contributed by atoms with Crippen molar-refractivity contribution in [3.8, 4) is 0 Å². The second-order valence-corrected chi connectivity index (χ2v) is 4.98. The maximum atomic E-state index is 12.4. The van der Waals surface area contributed by atoms with Gasteiger partial charge in [0.25, 0.3) is 5.91 Å². The molecule has 4 heteroatoms. The molecular weight excluding hydrogens is 238 g/mol. The smallest absolute Gasteiger partial charge is 0.270 e. The molecular formula is C15H21N3O. The number of aromatic nitrogens is 2. The number of nitrogens with zero attached hydrogens (tertiary/aromatic N) is 2. The number of fused-ring (bicyclic) bond motifs is 1. The Morgan fingerprint density at radius 3 is 2.79 bits per heavy atom. The summed E-state index contributed by atoms with van der Waals surface area (Å²) in [5, 5.41) is 3.02. The quantitative estimate of drug-likeness (QED) is 0.917. The van der Waals surface area contributed by atoms with Gasteiger partial charge in [-0.3, -0.25) is 9.20 Å². The van der Waals surface area contributed by atoms with Crippen LogP contribution in [0.4, 0.5) is 0 Å². The summed E-state index contributed by atoms with van der Waals surface area (Å²) in [6.07, 6.45) is 3.64. The molecule has 4 nitrogen and oxygen atoms in total. The number of amides is 1. The van der Waals surface area contributed by atoms with Crippen molar-refractivity contribution < 1.29 is 4.79 Å². The lowest BCUT2D eigenvalue weighted by Crippen LogP contribution is -2.33. The Morgan fingerprint density at radius 1 is 1.42 bits per heavy atom. The molecule has 0 saturated carbocycles. The van der Waals surface area contributed by atoms with Gasteiger partial charge in [0.2, 0.25) is 0 Å². The molecule has 1 atom stereocenters. The summed E-state index contributed by atoms with van der Waals surface area (Å²) >= 11 is 0. The molecule has 0 saturated heterocycles. The normalized spacial score (nSPS) is 12.6. The average Bonchev–Trinajstić information content (AvgIpc) is 2.76. The maximum Gasteiger partial charge on any atom is 0.270 e. The van der Waals surface area contributed by atoms with Crippen LogP contribution in [0.15, 0.2) is 18.3 Å². The summed E-state index contributed by atoms with van der Waals surface area (Å²) in [6.45, 7) is 8.11. The predicted octanol–water partition coefficient (Wildman–Crippen LogP) is 2.73. The first-order valence-corrected chi connectivity index (χ1v) is 6.85. The van der Waals surface area contributed by atoms with E-state index in [-0.39, 0.29) is 11.9 Å². The number of carbonyl (C=O) groups is 1. The van der Waals surface area contributed by atoms with E-state index in [0.29, 0.717) is 5.69 Å². The Labute approximate surface area is 113 Å². The van der Waals surface area contributed by atoms with Gasteiger partial charge in [0.15, 0.2) is 0 Å². The zero-order chi connectivity index (χ0) is 14.0. The largest absolute Gasteiger partial charge is 0.348 e. The Hall–Kier alpha value is -1.84. The van der Waals surface area contributed by atoms with Gasteiger partial charge in [0.1, 0.15) is 11.3 Å². The Bertz CT molecular complexity index is 601. The van der Waals surface area contributed by atoms with Crippen LogP contribution in [0.1, 0.15) is 48.9 Å². The van der Waals surface area contributed by atoms with Crippen LogP contribution in [-0.4, -0.2) is 21.3 Å². The topological polar surface area (TPSA) is 46.4 Å². The van der Waals surface area contributed by atoms with Crippen molar-refractivity contribution in [3.63, 3.8) is 0 Å². The van der Waals surface area contributed by atoms with Gasteiger partial charge in [-0.25, -0.2) is 4.98 Å². The number of rotatable bonds is 4. The lowest BCUT2D eigenvalue weighted by molar-refractivity contribution is 0.0932. The minimum Gasteiger partial charge on any atom is -0.348 e. The molecule has 0 fully saturated rings. The standard InChI is InChI=1S/C15H21N3O/c1-5-11(4)16-15(19)14-12(6-2)17-13-8-7-10(3)9-18(13)14/h7-9,11H,5-6H2,1-4H3,(H,16,19). The van der Waals surface area contributed by atoms with Crippen molar-refractivity contribution in [3.05, 3.63) is 35.3 Å². The Morgan fingerprint density at radius 2 is 2.16 bits per heavy atom. The summed E-state index contributed by atoms with van der Waals surface area (Å²) in [4.78, 5) is 16.9. The summed E-state index contributed by atoms with van der Waals surface area (Å²) in [7, 11) is 0. The molecule has 2 heterocycles. The summed E-state index contributed by atoms with van der Waals surface area (Å²) < 4.78 is 1.89. The molecule has 0 aliphatic heterocycles. The molecule has 102 valence electrons.